The first kappa shape index (κ1) is 20.9. The minimum absolute atomic E-state index is 0.0370. The van der Waals surface area contributed by atoms with E-state index in [9.17, 15) is 13.2 Å². The number of hydrogen-bond acceptors (Lipinski definition) is 5. The monoisotopic (exact) mass is 422 g/mol. The van der Waals surface area contributed by atoms with Crippen molar-refractivity contribution in [2.45, 2.75) is 42.7 Å². The summed E-state index contributed by atoms with van der Waals surface area (Å²) in [6, 6.07) is 7.76. The van der Waals surface area contributed by atoms with Crippen LogP contribution in [0.5, 0.6) is 0 Å². The topological polar surface area (TPSA) is 84.3 Å². The SMILES string of the molecule is CSc1cccc(NC(=O)[C@H]2CCCN(S(=O)(=O)c3cn(C(C)C)cn3)C2)c1. The molecule has 0 saturated carbocycles. The zero-order chi connectivity index (χ0) is 20.3. The lowest BCUT2D eigenvalue weighted by Crippen LogP contribution is -2.43. The van der Waals surface area contributed by atoms with Crippen LogP contribution in [0.3, 0.4) is 0 Å². The molecule has 1 aliphatic rings. The maximum atomic E-state index is 12.9. The van der Waals surface area contributed by atoms with Gasteiger partial charge >= 0.3 is 0 Å². The number of anilines is 1. The number of sulfonamides is 1. The Morgan fingerprint density at radius 1 is 1.36 bits per heavy atom. The van der Waals surface area contributed by atoms with E-state index < -0.39 is 10.0 Å². The molecule has 1 N–H and O–H groups in total. The van der Waals surface area contributed by atoms with Crippen LogP contribution in [0.25, 0.3) is 0 Å². The molecular weight excluding hydrogens is 396 g/mol. The summed E-state index contributed by atoms with van der Waals surface area (Å²) in [5, 5.41) is 2.96. The van der Waals surface area contributed by atoms with Crippen molar-refractivity contribution in [3.8, 4) is 0 Å². The fourth-order valence-corrected chi connectivity index (χ4v) is 5.09. The fourth-order valence-electron chi connectivity index (χ4n) is 3.19. The van der Waals surface area contributed by atoms with E-state index in [0.717, 1.165) is 10.6 Å². The van der Waals surface area contributed by atoms with Gasteiger partial charge in [0.25, 0.3) is 10.0 Å². The number of carbonyl (C=O) groups is 1. The lowest BCUT2D eigenvalue weighted by Gasteiger charge is -2.30. The number of nitrogens with zero attached hydrogens (tertiary/aromatic N) is 3. The third-order valence-electron chi connectivity index (χ3n) is 4.87. The smallest absolute Gasteiger partial charge is 0.262 e. The van der Waals surface area contributed by atoms with E-state index in [4.69, 9.17) is 0 Å². The Morgan fingerprint density at radius 2 is 2.14 bits per heavy atom. The van der Waals surface area contributed by atoms with E-state index in [1.54, 1.807) is 22.5 Å². The third-order valence-corrected chi connectivity index (χ3v) is 7.35. The van der Waals surface area contributed by atoms with Crippen LogP contribution >= 0.6 is 11.8 Å². The van der Waals surface area contributed by atoms with Crippen LogP contribution in [0.4, 0.5) is 5.69 Å². The van der Waals surface area contributed by atoms with Gasteiger partial charge in [0.1, 0.15) is 0 Å². The number of aromatic nitrogens is 2. The molecule has 1 aromatic carbocycles. The number of rotatable bonds is 6. The second-order valence-corrected chi connectivity index (χ2v) is 9.94. The highest BCUT2D eigenvalue weighted by atomic mass is 32.2. The Kier molecular flexibility index (Phi) is 6.47. The first-order valence-corrected chi connectivity index (χ1v) is 12.0. The van der Waals surface area contributed by atoms with Gasteiger partial charge in [-0.05, 0) is 51.1 Å². The Labute approximate surface area is 170 Å². The van der Waals surface area contributed by atoms with E-state index in [1.807, 2.05) is 44.4 Å². The van der Waals surface area contributed by atoms with Crippen molar-refractivity contribution in [3.63, 3.8) is 0 Å². The van der Waals surface area contributed by atoms with Gasteiger partial charge in [-0.2, -0.15) is 4.31 Å². The van der Waals surface area contributed by atoms with Crippen LogP contribution in [0, 0.1) is 5.92 Å². The minimum Gasteiger partial charge on any atom is -0.334 e. The highest BCUT2D eigenvalue weighted by molar-refractivity contribution is 7.98. The largest absolute Gasteiger partial charge is 0.334 e. The molecule has 0 aliphatic carbocycles. The molecule has 2 heterocycles. The summed E-state index contributed by atoms with van der Waals surface area (Å²) in [7, 11) is -3.71. The molecular formula is C19H26N4O3S2. The molecule has 3 rings (SSSR count). The number of hydrogen-bond donors (Lipinski definition) is 1. The Bertz CT molecular complexity index is 940. The van der Waals surface area contributed by atoms with Gasteiger partial charge in [0.15, 0.2) is 5.03 Å². The Balaban J connectivity index is 1.71. The average molecular weight is 423 g/mol. The van der Waals surface area contributed by atoms with Crippen LogP contribution in [0.15, 0.2) is 46.7 Å². The number of thioether (sulfide) groups is 1. The van der Waals surface area contributed by atoms with Gasteiger partial charge in [0.2, 0.25) is 5.91 Å². The number of benzene rings is 1. The van der Waals surface area contributed by atoms with Crippen molar-refractivity contribution in [1.29, 1.82) is 0 Å². The highest BCUT2D eigenvalue weighted by Gasteiger charge is 2.34. The maximum absolute atomic E-state index is 12.9. The molecule has 9 heteroatoms. The van der Waals surface area contributed by atoms with Gasteiger partial charge < -0.3 is 9.88 Å². The van der Waals surface area contributed by atoms with E-state index in [-0.39, 0.29) is 29.4 Å². The van der Waals surface area contributed by atoms with Crippen molar-refractivity contribution in [2.24, 2.45) is 5.92 Å². The van der Waals surface area contributed by atoms with Gasteiger partial charge in [-0.15, -0.1) is 11.8 Å². The Hall–Kier alpha value is -1.84. The van der Waals surface area contributed by atoms with Gasteiger partial charge in [-0.25, -0.2) is 13.4 Å². The zero-order valence-corrected chi connectivity index (χ0v) is 18.0. The van der Waals surface area contributed by atoms with Gasteiger partial charge in [0.05, 0.1) is 12.2 Å². The standard InChI is InChI=1S/C19H26N4O3S2/c1-14(2)22-12-18(20-13-22)28(25,26)23-9-5-6-15(11-23)19(24)21-16-7-4-8-17(10-16)27-3/h4,7-8,10,12-15H,5-6,9,11H2,1-3H3,(H,21,24)/t15-/m0/s1. The van der Waals surface area contributed by atoms with Crippen molar-refractivity contribution in [1.82, 2.24) is 13.9 Å². The molecule has 0 unspecified atom stereocenters. The van der Waals surface area contributed by atoms with E-state index in [0.29, 0.717) is 19.4 Å². The van der Waals surface area contributed by atoms with Crippen LogP contribution < -0.4 is 5.32 Å². The summed E-state index contributed by atoms with van der Waals surface area (Å²) in [5.41, 5.74) is 0.729. The molecule has 1 aliphatic heterocycles. The minimum atomic E-state index is -3.71. The van der Waals surface area contributed by atoms with Gasteiger partial charge in [-0.3, -0.25) is 4.79 Å². The summed E-state index contributed by atoms with van der Waals surface area (Å²) in [5.74, 6) is -0.528. The molecule has 1 atom stereocenters. The highest BCUT2D eigenvalue weighted by Crippen LogP contribution is 2.25. The number of nitrogens with one attached hydrogen (secondary N) is 1. The first-order chi connectivity index (χ1) is 13.3. The third kappa shape index (κ3) is 4.59. The van der Waals surface area contributed by atoms with Gasteiger partial charge in [0, 0.05) is 35.9 Å². The summed E-state index contributed by atoms with van der Waals surface area (Å²) >= 11 is 1.60. The normalized spacial score (nSPS) is 18.4. The molecule has 1 fully saturated rings. The molecule has 1 saturated heterocycles. The molecule has 28 heavy (non-hydrogen) atoms. The second-order valence-electron chi connectivity index (χ2n) is 7.18. The molecule has 7 nitrogen and oxygen atoms in total. The zero-order valence-electron chi connectivity index (χ0n) is 16.3. The number of imidazole rings is 1. The van der Waals surface area contributed by atoms with Crippen LogP contribution in [0.2, 0.25) is 0 Å². The van der Waals surface area contributed by atoms with Crippen molar-refractivity contribution in [3.05, 3.63) is 36.8 Å². The Morgan fingerprint density at radius 3 is 2.82 bits per heavy atom. The summed E-state index contributed by atoms with van der Waals surface area (Å²) in [4.78, 5) is 17.8. The van der Waals surface area contributed by atoms with Crippen LogP contribution in [0.1, 0.15) is 32.7 Å². The predicted molar refractivity (Wildman–Crippen MR) is 111 cm³/mol. The van der Waals surface area contributed by atoms with Crippen LogP contribution in [-0.4, -0.2) is 47.5 Å². The van der Waals surface area contributed by atoms with Crippen LogP contribution in [-0.2, 0) is 14.8 Å². The molecule has 0 spiro atoms. The van der Waals surface area contributed by atoms with Gasteiger partial charge in [-0.1, -0.05) is 6.07 Å². The molecule has 152 valence electrons. The van der Waals surface area contributed by atoms with E-state index >= 15 is 0 Å². The fraction of sp³-hybridized carbons (Fsp3) is 0.474. The summed E-state index contributed by atoms with van der Waals surface area (Å²) < 4.78 is 29.0. The molecule has 0 bridgehead atoms. The summed E-state index contributed by atoms with van der Waals surface area (Å²) in [6.07, 6.45) is 6.38. The van der Waals surface area contributed by atoms with E-state index in [2.05, 4.69) is 10.3 Å². The van der Waals surface area contributed by atoms with Crippen molar-refractivity contribution >= 4 is 33.4 Å². The lowest BCUT2D eigenvalue weighted by atomic mass is 9.99. The van der Waals surface area contributed by atoms with Crippen molar-refractivity contribution in [2.75, 3.05) is 24.7 Å². The summed E-state index contributed by atoms with van der Waals surface area (Å²) in [6.45, 7) is 4.50. The number of piperidine rings is 1. The van der Waals surface area contributed by atoms with E-state index in [1.165, 1.54) is 10.6 Å². The molecule has 1 amide bonds. The van der Waals surface area contributed by atoms with Crippen molar-refractivity contribution < 1.29 is 13.2 Å². The maximum Gasteiger partial charge on any atom is 0.262 e. The quantitative estimate of drug-likeness (QED) is 0.723. The lowest BCUT2D eigenvalue weighted by molar-refractivity contribution is -0.120. The first-order valence-electron chi connectivity index (χ1n) is 9.30. The molecule has 0 radical (unpaired) electrons. The second kappa shape index (κ2) is 8.67. The molecule has 1 aromatic heterocycles. The predicted octanol–water partition coefficient (Wildman–Crippen LogP) is 3.23. The number of amides is 1. The average Bonchev–Trinajstić information content (AvgIpc) is 3.20. The number of carbonyl (C=O) groups excluding carboxylic acids is 1. The molecule has 2 aromatic rings.